The number of anilines is 1. The predicted molar refractivity (Wildman–Crippen MR) is 117 cm³/mol. The number of likely N-dealkylation sites (N-methyl/N-ethyl adjacent to an activating group) is 1. The average Bonchev–Trinajstić information content (AvgIpc) is 2.77. The summed E-state index contributed by atoms with van der Waals surface area (Å²) in [4.78, 5) is 41.2. The Morgan fingerprint density at radius 3 is 3.00 bits per heavy atom. The van der Waals surface area contributed by atoms with Crippen molar-refractivity contribution >= 4 is 36.8 Å². The fourth-order valence-electron chi connectivity index (χ4n) is 3.43. The van der Waals surface area contributed by atoms with Gasteiger partial charge in [-0.3, -0.25) is 24.5 Å². The van der Waals surface area contributed by atoms with Crippen LogP contribution in [-0.4, -0.2) is 85.8 Å². The summed E-state index contributed by atoms with van der Waals surface area (Å²) in [5.74, 6) is 0.229. The SMILES string of the molecule is C=N/C=C(/c1cccc(N2CCN(C)C(CNC=O)C2)n1)N1C=C(C(N)=O)N=CC1. The number of rotatable bonds is 8. The highest BCUT2D eigenvalue weighted by molar-refractivity contribution is 5.94. The zero-order chi connectivity index (χ0) is 21.5. The van der Waals surface area contributed by atoms with Crippen LogP contribution in [0, 0.1) is 0 Å². The number of nitrogens with two attached hydrogens (primary N) is 1. The molecule has 3 heterocycles. The normalized spacial score (nSPS) is 20.0. The molecule has 0 saturated carbocycles. The molecule has 10 nitrogen and oxygen atoms in total. The molecule has 0 bridgehead atoms. The van der Waals surface area contributed by atoms with Crippen molar-refractivity contribution in [2.75, 3.05) is 44.7 Å². The molecular formula is C20H26N8O2. The molecule has 1 aromatic rings. The van der Waals surface area contributed by atoms with E-state index in [0.29, 0.717) is 24.5 Å². The number of carbonyl (C=O) groups excluding carboxylic acids is 2. The summed E-state index contributed by atoms with van der Waals surface area (Å²) in [5, 5.41) is 2.76. The molecule has 2 aliphatic rings. The molecule has 2 aliphatic heterocycles. The first kappa shape index (κ1) is 21.2. The maximum atomic E-state index is 11.5. The minimum atomic E-state index is -0.601. The molecule has 1 saturated heterocycles. The number of hydrogen-bond acceptors (Lipinski definition) is 8. The van der Waals surface area contributed by atoms with E-state index in [9.17, 15) is 9.59 Å². The Labute approximate surface area is 175 Å². The van der Waals surface area contributed by atoms with Gasteiger partial charge >= 0.3 is 0 Å². The minimum Gasteiger partial charge on any atom is -0.364 e. The maximum absolute atomic E-state index is 11.5. The molecule has 0 radical (unpaired) electrons. The molecular weight excluding hydrogens is 384 g/mol. The first-order valence-electron chi connectivity index (χ1n) is 9.60. The van der Waals surface area contributed by atoms with Gasteiger partial charge in [0.05, 0.1) is 24.1 Å². The van der Waals surface area contributed by atoms with Crippen molar-refractivity contribution in [3.8, 4) is 0 Å². The summed E-state index contributed by atoms with van der Waals surface area (Å²) in [6.45, 7) is 7.02. The van der Waals surface area contributed by atoms with Crippen molar-refractivity contribution in [1.29, 1.82) is 0 Å². The highest BCUT2D eigenvalue weighted by atomic mass is 16.1. The summed E-state index contributed by atoms with van der Waals surface area (Å²) in [6.07, 6.45) is 5.53. The highest BCUT2D eigenvalue weighted by Crippen LogP contribution is 2.24. The van der Waals surface area contributed by atoms with Gasteiger partial charge in [0.15, 0.2) is 0 Å². The Morgan fingerprint density at radius 1 is 1.43 bits per heavy atom. The first-order chi connectivity index (χ1) is 14.5. The summed E-state index contributed by atoms with van der Waals surface area (Å²) in [7, 11) is 2.05. The van der Waals surface area contributed by atoms with Gasteiger partial charge in [0, 0.05) is 44.6 Å². The second-order valence-corrected chi connectivity index (χ2v) is 7.03. The molecule has 1 atom stereocenters. The molecule has 3 rings (SSSR count). The molecule has 1 unspecified atom stereocenters. The largest absolute Gasteiger partial charge is 0.364 e. The number of piperazine rings is 1. The first-order valence-corrected chi connectivity index (χ1v) is 9.60. The Bertz CT molecular complexity index is 895. The van der Waals surface area contributed by atoms with Crippen LogP contribution in [0.5, 0.6) is 0 Å². The Morgan fingerprint density at radius 2 is 2.27 bits per heavy atom. The monoisotopic (exact) mass is 410 g/mol. The van der Waals surface area contributed by atoms with Crippen LogP contribution in [0.3, 0.4) is 0 Å². The van der Waals surface area contributed by atoms with Gasteiger partial charge in [-0.1, -0.05) is 6.07 Å². The van der Waals surface area contributed by atoms with Crippen LogP contribution >= 0.6 is 0 Å². The summed E-state index contributed by atoms with van der Waals surface area (Å²) in [6, 6.07) is 5.97. The number of primary amides is 1. The summed E-state index contributed by atoms with van der Waals surface area (Å²) >= 11 is 0. The Kier molecular flexibility index (Phi) is 6.91. The van der Waals surface area contributed by atoms with E-state index in [1.807, 2.05) is 23.1 Å². The van der Waals surface area contributed by atoms with E-state index in [2.05, 4.69) is 38.9 Å². The van der Waals surface area contributed by atoms with Crippen LogP contribution in [0.15, 0.2) is 46.3 Å². The fraction of sp³-hybridized carbons (Fsp3) is 0.350. The lowest BCUT2D eigenvalue weighted by molar-refractivity contribution is -0.114. The van der Waals surface area contributed by atoms with Crippen LogP contribution < -0.4 is 16.0 Å². The third-order valence-electron chi connectivity index (χ3n) is 5.10. The van der Waals surface area contributed by atoms with Gasteiger partial charge in [0.2, 0.25) is 6.41 Å². The smallest absolute Gasteiger partial charge is 0.268 e. The second kappa shape index (κ2) is 9.79. The molecule has 0 aromatic carbocycles. The van der Waals surface area contributed by atoms with Crippen LogP contribution in [0.2, 0.25) is 0 Å². The van der Waals surface area contributed by atoms with Crippen molar-refractivity contribution in [1.82, 2.24) is 20.1 Å². The number of aliphatic imine (C=N–C) groups is 2. The van der Waals surface area contributed by atoms with Crippen molar-refractivity contribution in [3.05, 3.63) is 42.0 Å². The van der Waals surface area contributed by atoms with E-state index in [0.717, 1.165) is 31.9 Å². The predicted octanol–water partition coefficient (Wildman–Crippen LogP) is -0.340. The van der Waals surface area contributed by atoms with Crippen LogP contribution in [0.1, 0.15) is 5.69 Å². The van der Waals surface area contributed by atoms with E-state index in [-0.39, 0.29) is 11.7 Å². The molecule has 10 heteroatoms. The van der Waals surface area contributed by atoms with E-state index in [1.54, 1.807) is 18.6 Å². The van der Waals surface area contributed by atoms with Crippen LogP contribution in [0.4, 0.5) is 5.82 Å². The van der Waals surface area contributed by atoms with Crippen LogP contribution in [-0.2, 0) is 9.59 Å². The zero-order valence-corrected chi connectivity index (χ0v) is 16.9. The van der Waals surface area contributed by atoms with E-state index < -0.39 is 5.91 Å². The minimum absolute atomic E-state index is 0.164. The van der Waals surface area contributed by atoms with Gasteiger partial charge in [-0.05, 0) is 25.9 Å². The molecule has 1 aromatic heterocycles. The van der Waals surface area contributed by atoms with Gasteiger partial charge in [-0.25, -0.2) is 4.98 Å². The van der Waals surface area contributed by atoms with E-state index in [4.69, 9.17) is 10.7 Å². The van der Waals surface area contributed by atoms with Crippen molar-refractivity contribution in [2.24, 2.45) is 15.7 Å². The van der Waals surface area contributed by atoms with Gasteiger partial charge in [-0.2, -0.15) is 0 Å². The lowest BCUT2D eigenvalue weighted by Crippen LogP contribution is -2.55. The maximum Gasteiger partial charge on any atom is 0.268 e. The summed E-state index contributed by atoms with van der Waals surface area (Å²) < 4.78 is 0. The molecule has 158 valence electrons. The molecule has 3 N–H and O–H groups in total. The Balaban J connectivity index is 1.85. The quantitative estimate of drug-likeness (QED) is 0.447. The molecule has 1 fully saturated rings. The Hall–Kier alpha value is -3.53. The number of nitrogens with one attached hydrogen (secondary N) is 1. The second-order valence-electron chi connectivity index (χ2n) is 7.03. The highest BCUT2D eigenvalue weighted by Gasteiger charge is 2.25. The molecule has 0 spiro atoms. The van der Waals surface area contributed by atoms with Gasteiger partial charge in [0.1, 0.15) is 11.5 Å². The van der Waals surface area contributed by atoms with E-state index in [1.165, 1.54) is 0 Å². The lowest BCUT2D eigenvalue weighted by Gasteiger charge is -2.40. The number of amides is 2. The topological polar surface area (TPSA) is 120 Å². The number of nitrogens with zero attached hydrogens (tertiary/aromatic N) is 6. The van der Waals surface area contributed by atoms with Crippen LogP contribution in [0.25, 0.3) is 5.70 Å². The standard InChI is InChI=1S/C20H26N8O2/c1-22-11-18(27-7-6-24-17(13-27)20(21)30)16-4-3-5-19(25-16)28-9-8-26(2)15(12-28)10-23-14-29/h3-6,11,13-15H,1,7-10,12H2,2H3,(H2,21,30)(H,23,29)/b18-11-. The van der Waals surface area contributed by atoms with Crippen molar-refractivity contribution < 1.29 is 9.59 Å². The van der Waals surface area contributed by atoms with Gasteiger partial charge < -0.3 is 20.9 Å². The third kappa shape index (κ3) is 4.90. The number of aromatic nitrogens is 1. The summed E-state index contributed by atoms with van der Waals surface area (Å²) in [5.41, 5.74) is 6.91. The fourth-order valence-corrected chi connectivity index (χ4v) is 3.43. The van der Waals surface area contributed by atoms with E-state index >= 15 is 0 Å². The van der Waals surface area contributed by atoms with Gasteiger partial charge in [0.25, 0.3) is 5.91 Å². The number of carbonyl (C=O) groups is 2. The zero-order valence-electron chi connectivity index (χ0n) is 16.9. The number of pyridine rings is 1. The lowest BCUT2D eigenvalue weighted by atomic mass is 10.1. The number of hydrogen-bond donors (Lipinski definition) is 2. The molecule has 0 aliphatic carbocycles. The molecule has 30 heavy (non-hydrogen) atoms. The van der Waals surface area contributed by atoms with Crippen molar-refractivity contribution in [3.63, 3.8) is 0 Å². The average molecular weight is 410 g/mol. The molecule has 2 amide bonds. The third-order valence-corrected chi connectivity index (χ3v) is 5.10. The van der Waals surface area contributed by atoms with Crippen molar-refractivity contribution in [2.45, 2.75) is 6.04 Å². The van der Waals surface area contributed by atoms with Gasteiger partial charge in [-0.15, -0.1) is 0 Å².